The fourth-order valence-corrected chi connectivity index (χ4v) is 2.97. The topological polar surface area (TPSA) is 29.5 Å². The molecule has 1 saturated heterocycles. The van der Waals surface area contributed by atoms with Crippen molar-refractivity contribution in [3.8, 4) is 0 Å². The summed E-state index contributed by atoms with van der Waals surface area (Å²) in [5.74, 6) is 2.19. The predicted molar refractivity (Wildman–Crippen MR) is 63.2 cm³/mol. The average Bonchev–Trinajstić information content (AvgIpc) is 2.38. The second-order valence-electron chi connectivity index (χ2n) is 6.34. The molecule has 2 aliphatic rings. The van der Waals surface area contributed by atoms with Gasteiger partial charge in [-0.25, -0.2) is 4.79 Å². The maximum Gasteiger partial charge on any atom is 0.410 e. The van der Waals surface area contributed by atoms with E-state index in [1.165, 1.54) is 12.8 Å². The first kappa shape index (κ1) is 11.7. The SMILES string of the molecule is CC1[C@@H]2CC[C@H]1CN(C(=O)OC(C)(C)C)C2. The summed E-state index contributed by atoms with van der Waals surface area (Å²) in [6.45, 7) is 9.89. The van der Waals surface area contributed by atoms with E-state index in [0.29, 0.717) is 11.8 Å². The molecule has 0 spiro atoms. The van der Waals surface area contributed by atoms with Gasteiger partial charge in [-0.15, -0.1) is 0 Å². The average molecular weight is 225 g/mol. The van der Waals surface area contributed by atoms with E-state index in [2.05, 4.69) is 6.92 Å². The van der Waals surface area contributed by atoms with Crippen molar-refractivity contribution in [3.05, 3.63) is 0 Å². The number of carbonyl (C=O) groups is 1. The van der Waals surface area contributed by atoms with Crippen LogP contribution in [0.4, 0.5) is 4.79 Å². The molecule has 0 N–H and O–H groups in total. The fraction of sp³-hybridized carbons (Fsp3) is 0.923. The maximum atomic E-state index is 11.9. The molecule has 3 nitrogen and oxygen atoms in total. The first-order valence-corrected chi connectivity index (χ1v) is 6.35. The molecule has 3 heteroatoms. The van der Waals surface area contributed by atoms with E-state index in [4.69, 9.17) is 4.74 Å². The van der Waals surface area contributed by atoms with Crippen molar-refractivity contribution in [1.29, 1.82) is 0 Å². The molecule has 0 aromatic rings. The van der Waals surface area contributed by atoms with Gasteiger partial charge in [-0.2, -0.15) is 0 Å². The normalized spacial score (nSPS) is 34.0. The second kappa shape index (κ2) is 3.94. The zero-order valence-electron chi connectivity index (χ0n) is 10.8. The molecule has 3 atom stereocenters. The van der Waals surface area contributed by atoms with Gasteiger partial charge in [0, 0.05) is 13.1 Å². The van der Waals surface area contributed by atoms with Gasteiger partial charge in [-0.3, -0.25) is 0 Å². The molecule has 0 aromatic heterocycles. The summed E-state index contributed by atoms with van der Waals surface area (Å²) in [5, 5.41) is 0. The Bertz CT molecular complexity index is 268. The summed E-state index contributed by atoms with van der Waals surface area (Å²) in [4.78, 5) is 13.9. The molecular formula is C13H23NO2. The van der Waals surface area contributed by atoms with Crippen LogP contribution in [0.25, 0.3) is 0 Å². The fourth-order valence-electron chi connectivity index (χ4n) is 2.97. The highest BCUT2D eigenvalue weighted by Crippen LogP contribution is 2.41. The lowest BCUT2D eigenvalue weighted by Gasteiger charge is -2.37. The van der Waals surface area contributed by atoms with Gasteiger partial charge in [0.05, 0.1) is 0 Å². The molecule has 1 saturated carbocycles. The van der Waals surface area contributed by atoms with Crippen molar-refractivity contribution >= 4 is 6.09 Å². The van der Waals surface area contributed by atoms with Crippen LogP contribution in [-0.2, 0) is 4.74 Å². The number of carbonyl (C=O) groups excluding carboxylic acids is 1. The zero-order valence-corrected chi connectivity index (χ0v) is 10.8. The number of nitrogens with zero attached hydrogens (tertiary/aromatic N) is 1. The lowest BCUT2D eigenvalue weighted by Crippen LogP contribution is -2.46. The Balaban J connectivity index is 1.95. The molecule has 0 radical (unpaired) electrons. The summed E-state index contributed by atoms with van der Waals surface area (Å²) < 4.78 is 5.42. The third-order valence-corrected chi connectivity index (χ3v) is 3.96. The van der Waals surface area contributed by atoms with Gasteiger partial charge in [0.2, 0.25) is 0 Å². The van der Waals surface area contributed by atoms with E-state index in [0.717, 1.165) is 19.0 Å². The molecule has 1 amide bonds. The molecule has 1 aliphatic heterocycles. The number of rotatable bonds is 0. The molecule has 1 unspecified atom stereocenters. The summed E-state index contributed by atoms with van der Waals surface area (Å²) in [6.07, 6.45) is 2.44. The number of fused-ring (bicyclic) bond motifs is 2. The van der Waals surface area contributed by atoms with Crippen molar-refractivity contribution < 1.29 is 9.53 Å². The highest BCUT2D eigenvalue weighted by Gasteiger charge is 2.41. The number of hydrogen-bond acceptors (Lipinski definition) is 2. The van der Waals surface area contributed by atoms with Crippen LogP contribution in [0.2, 0.25) is 0 Å². The van der Waals surface area contributed by atoms with E-state index in [1.54, 1.807) is 0 Å². The van der Waals surface area contributed by atoms with E-state index in [9.17, 15) is 4.79 Å². The van der Waals surface area contributed by atoms with Crippen molar-refractivity contribution in [3.63, 3.8) is 0 Å². The molecular weight excluding hydrogens is 202 g/mol. The van der Waals surface area contributed by atoms with E-state index in [-0.39, 0.29) is 11.7 Å². The van der Waals surface area contributed by atoms with Gasteiger partial charge in [0.1, 0.15) is 5.60 Å². The number of amides is 1. The van der Waals surface area contributed by atoms with E-state index < -0.39 is 0 Å². The first-order valence-electron chi connectivity index (χ1n) is 6.35. The minimum atomic E-state index is -0.376. The highest BCUT2D eigenvalue weighted by atomic mass is 16.6. The standard InChI is InChI=1S/C13H23NO2/c1-9-10-5-6-11(9)8-14(7-10)12(15)16-13(2,3)4/h9-11H,5-8H2,1-4H3/t9?,10-,11+. The smallest absolute Gasteiger partial charge is 0.410 e. The number of ether oxygens (including phenoxy) is 1. The van der Waals surface area contributed by atoms with Gasteiger partial charge in [0.25, 0.3) is 0 Å². The van der Waals surface area contributed by atoms with Crippen molar-refractivity contribution in [2.45, 2.75) is 46.1 Å². The van der Waals surface area contributed by atoms with Crippen LogP contribution in [0.3, 0.4) is 0 Å². The quantitative estimate of drug-likeness (QED) is 0.634. The Morgan fingerprint density at radius 2 is 1.69 bits per heavy atom. The number of piperidine rings is 1. The molecule has 2 fully saturated rings. The Labute approximate surface area is 98.1 Å². The molecule has 92 valence electrons. The Kier molecular flexibility index (Phi) is 2.89. The largest absolute Gasteiger partial charge is 0.444 e. The third-order valence-electron chi connectivity index (χ3n) is 3.96. The van der Waals surface area contributed by atoms with Crippen molar-refractivity contribution in [2.24, 2.45) is 17.8 Å². The molecule has 2 rings (SSSR count). The van der Waals surface area contributed by atoms with E-state index in [1.807, 2.05) is 25.7 Å². The summed E-state index contributed by atoms with van der Waals surface area (Å²) in [6, 6.07) is 0. The van der Waals surface area contributed by atoms with Crippen molar-refractivity contribution in [1.82, 2.24) is 4.90 Å². The van der Waals surface area contributed by atoms with Gasteiger partial charge in [0.15, 0.2) is 0 Å². The minimum Gasteiger partial charge on any atom is -0.444 e. The molecule has 16 heavy (non-hydrogen) atoms. The first-order chi connectivity index (χ1) is 7.37. The Morgan fingerprint density at radius 3 is 2.12 bits per heavy atom. The maximum absolute atomic E-state index is 11.9. The third kappa shape index (κ3) is 2.33. The molecule has 0 aromatic carbocycles. The van der Waals surface area contributed by atoms with Crippen molar-refractivity contribution in [2.75, 3.05) is 13.1 Å². The van der Waals surface area contributed by atoms with Crippen LogP contribution in [-0.4, -0.2) is 29.7 Å². The van der Waals surface area contributed by atoms with Gasteiger partial charge < -0.3 is 9.64 Å². The molecule has 2 bridgehead atoms. The van der Waals surface area contributed by atoms with E-state index >= 15 is 0 Å². The van der Waals surface area contributed by atoms with Crippen LogP contribution < -0.4 is 0 Å². The zero-order chi connectivity index (χ0) is 11.9. The molecule has 1 heterocycles. The lowest BCUT2D eigenvalue weighted by molar-refractivity contribution is 0.00940. The lowest BCUT2D eigenvalue weighted by atomic mass is 9.87. The Morgan fingerprint density at radius 1 is 1.19 bits per heavy atom. The van der Waals surface area contributed by atoms with Gasteiger partial charge in [-0.05, 0) is 51.4 Å². The van der Waals surface area contributed by atoms with Gasteiger partial charge in [-0.1, -0.05) is 6.92 Å². The predicted octanol–water partition coefficient (Wildman–Crippen LogP) is 2.90. The monoisotopic (exact) mass is 225 g/mol. The molecule has 1 aliphatic carbocycles. The highest BCUT2D eigenvalue weighted by molar-refractivity contribution is 5.68. The van der Waals surface area contributed by atoms with Crippen LogP contribution in [0.1, 0.15) is 40.5 Å². The van der Waals surface area contributed by atoms with Crippen LogP contribution in [0.5, 0.6) is 0 Å². The Hall–Kier alpha value is -0.730. The van der Waals surface area contributed by atoms with Crippen LogP contribution in [0.15, 0.2) is 0 Å². The summed E-state index contributed by atoms with van der Waals surface area (Å²) in [5.41, 5.74) is -0.376. The summed E-state index contributed by atoms with van der Waals surface area (Å²) in [7, 11) is 0. The number of likely N-dealkylation sites (tertiary alicyclic amines) is 1. The summed E-state index contributed by atoms with van der Waals surface area (Å²) >= 11 is 0. The minimum absolute atomic E-state index is 0.128. The van der Waals surface area contributed by atoms with Crippen LogP contribution in [0, 0.1) is 17.8 Å². The number of hydrogen-bond donors (Lipinski definition) is 0. The van der Waals surface area contributed by atoms with Crippen LogP contribution >= 0.6 is 0 Å². The van der Waals surface area contributed by atoms with Gasteiger partial charge >= 0.3 is 6.09 Å². The second-order valence-corrected chi connectivity index (χ2v) is 6.34.